The molecule has 4 aromatic rings. The zero-order chi connectivity index (χ0) is 24.8. The molecule has 0 bridgehead atoms. The first-order chi connectivity index (χ1) is 17.0. The SMILES string of the molecule is CCOc1ccc(-n2c(SCC(=O)Nc3ccc(OC)c(Cl)c3)nnc2-c2ccc(C)cc2)cc1. The molecule has 0 fully saturated rings. The van der Waals surface area contributed by atoms with E-state index in [4.69, 9.17) is 21.1 Å². The lowest BCUT2D eigenvalue weighted by atomic mass is 10.1. The Morgan fingerprint density at radius 2 is 1.80 bits per heavy atom. The Morgan fingerprint density at radius 3 is 2.46 bits per heavy atom. The van der Waals surface area contributed by atoms with Crippen molar-refractivity contribution in [3.8, 4) is 28.6 Å². The fourth-order valence-corrected chi connectivity index (χ4v) is 4.42. The summed E-state index contributed by atoms with van der Waals surface area (Å²) in [4.78, 5) is 12.6. The number of hydrogen-bond donors (Lipinski definition) is 1. The normalized spacial score (nSPS) is 10.7. The molecule has 1 heterocycles. The van der Waals surface area contributed by atoms with E-state index < -0.39 is 0 Å². The average molecular weight is 509 g/mol. The Labute approximate surface area is 213 Å². The van der Waals surface area contributed by atoms with Gasteiger partial charge < -0.3 is 14.8 Å². The zero-order valence-electron chi connectivity index (χ0n) is 19.6. The number of hydrogen-bond acceptors (Lipinski definition) is 6. The monoisotopic (exact) mass is 508 g/mol. The van der Waals surface area contributed by atoms with Crippen LogP contribution in [0.5, 0.6) is 11.5 Å². The van der Waals surface area contributed by atoms with Crippen LogP contribution >= 0.6 is 23.4 Å². The first-order valence-corrected chi connectivity index (χ1v) is 12.4. The van der Waals surface area contributed by atoms with Crippen molar-refractivity contribution >= 4 is 35.0 Å². The summed E-state index contributed by atoms with van der Waals surface area (Å²) in [6.45, 7) is 4.58. The van der Waals surface area contributed by atoms with Crippen molar-refractivity contribution in [3.05, 3.63) is 77.3 Å². The van der Waals surface area contributed by atoms with Gasteiger partial charge in [-0.25, -0.2) is 0 Å². The number of aromatic nitrogens is 3. The Morgan fingerprint density at radius 1 is 1.06 bits per heavy atom. The number of halogens is 1. The van der Waals surface area contributed by atoms with Gasteiger partial charge in [-0.15, -0.1) is 10.2 Å². The Bertz CT molecular complexity index is 1310. The number of thioether (sulfide) groups is 1. The topological polar surface area (TPSA) is 78.3 Å². The molecule has 35 heavy (non-hydrogen) atoms. The van der Waals surface area contributed by atoms with Crippen molar-refractivity contribution < 1.29 is 14.3 Å². The molecule has 0 radical (unpaired) electrons. The second kappa shape index (κ2) is 11.3. The van der Waals surface area contributed by atoms with E-state index in [2.05, 4.69) is 15.5 Å². The molecule has 0 aliphatic heterocycles. The number of carbonyl (C=O) groups is 1. The lowest BCUT2D eigenvalue weighted by Crippen LogP contribution is -2.14. The van der Waals surface area contributed by atoms with E-state index in [1.54, 1.807) is 25.3 Å². The minimum Gasteiger partial charge on any atom is -0.495 e. The van der Waals surface area contributed by atoms with Crippen LogP contribution in [0.15, 0.2) is 71.9 Å². The van der Waals surface area contributed by atoms with Gasteiger partial charge in [0.2, 0.25) is 5.91 Å². The third-order valence-electron chi connectivity index (χ3n) is 5.12. The van der Waals surface area contributed by atoms with Crippen LogP contribution in [0, 0.1) is 6.92 Å². The van der Waals surface area contributed by atoms with Gasteiger partial charge in [0.25, 0.3) is 0 Å². The van der Waals surface area contributed by atoms with Crippen molar-refractivity contribution in [1.29, 1.82) is 0 Å². The van der Waals surface area contributed by atoms with Crippen LogP contribution in [0.3, 0.4) is 0 Å². The maximum Gasteiger partial charge on any atom is 0.234 e. The lowest BCUT2D eigenvalue weighted by Gasteiger charge is -2.12. The van der Waals surface area contributed by atoms with E-state index in [0.29, 0.717) is 34.0 Å². The van der Waals surface area contributed by atoms with Crippen molar-refractivity contribution in [2.75, 3.05) is 24.8 Å². The summed E-state index contributed by atoms with van der Waals surface area (Å²) in [5.74, 6) is 1.99. The third-order valence-corrected chi connectivity index (χ3v) is 6.34. The average Bonchev–Trinajstić information content (AvgIpc) is 3.28. The molecule has 4 rings (SSSR count). The first-order valence-electron chi connectivity index (χ1n) is 11.0. The van der Waals surface area contributed by atoms with E-state index in [-0.39, 0.29) is 11.7 Å². The minimum atomic E-state index is -0.186. The van der Waals surface area contributed by atoms with Gasteiger partial charge in [0.05, 0.1) is 24.5 Å². The number of benzene rings is 3. The first kappa shape index (κ1) is 24.6. The third kappa shape index (κ3) is 5.96. The number of nitrogens with one attached hydrogen (secondary N) is 1. The number of amides is 1. The number of aryl methyl sites for hydroxylation is 1. The molecule has 1 N–H and O–H groups in total. The van der Waals surface area contributed by atoms with E-state index in [1.165, 1.54) is 11.8 Å². The Balaban J connectivity index is 1.57. The molecule has 9 heteroatoms. The highest BCUT2D eigenvalue weighted by atomic mass is 35.5. The van der Waals surface area contributed by atoms with Crippen molar-refractivity contribution in [1.82, 2.24) is 14.8 Å². The zero-order valence-corrected chi connectivity index (χ0v) is 21.2. The summed E-state index contributed by atoms with van der Waals surface area (Å²) in [6, 6.07) is 20.9. The van der Waals surface area contributed by atoms with Gasteiger partial charge in [0, 0.05) is 16.9 Å². The minimum absolute atomic E-state index is 0.146. The van der Waals surface area contributed by atoms with Gasteiger partial charge in [0.1, 0.15) is 11.5 Å². The van der Waals surface area contributed by atoms with Crippen LogP contribution in [0.2, 0.25) is 5.02 Å². The predicted molar refractivity (Wildman–Crippen MR) is 140 cm³/mol. The van der Waals surface area contributed by atoms with Gasteiger partial charge in [-0.3, -0.25) is 9.36 Å². The molecule has 7 nitrogen and oxygen atoms in total. The van der Waals surface area contributed by atoms with Crippen LogP contribution < -0.4 is 14.8 Å². The number of anilines is 1. The fourth-order valence-electron chi connectivity index (χ4n) is 3.42. The maximum absolute atomic E-state index is 12.6. The molecule has 0 saturated carbocycles. The van der Waals surface area contributed by atoms with Gasteiger partial charge in [-0.05, 0) is 56.3 Å². The number of rotatable bonds is 9. The van der Waals surface area contributed by atoms with E-state index >= 15 is 0 Å². The molecule has 0 aliphatic carbocycles. The summed E-state index contributed by atoms with van der Waals surface area (Å²) < 4.78 is 12.7. The van der Waals surface area contributed by atoms with Crippen LogP contribution in [-0.4, -0.2) is 40.1 Å². The molecule has 0 saturated heterocycles. The number of carbonyl (C=O) groups excluding carboxylic acids is 1. The van der Waals surface area contributed by atoms with Crippen LogP contribution in [0.1, 0.15) is 12.5 Å². The van der Waals surface area contributed by atoms with Gasteiger partial charge in [-0.1, -0.05) is 53.2 Å². The molecule has 0 atom stereocenters. The van der Waals surface area contributed by atoms with E-state index in [9.17, 15) is 4.79 Å². The Kier molecular flexibility index (Phi) is 7.94. The van der Waals surface area contributed by atoms with Crippen molar-refractivity contribution in [3.63, 3.8) is 0 Å². The molecule has 1 aromatic heterocycles. The molecule has 0 aliphatic rings. The molecular formula is C26H25ClN4O3S. The molecule has 1 amide bonds. The smallest absolute Gasteiger partial charge is 0.234 e. The molecule has 0 unspecified atom stereocenters. The largest absolute Gasteiger partial charge is 0.495 e. The number of ether oxygens (including phenoxy) is 2. The number of nitrogens with zero attached hydrogens (tertiary/aromatic N) is 3. The maximum atomic E-state index is 12.6. The standard InChI is InChI=1S/C26H25ClN4O3S/c1-4-34-21-12-10-20(11-13-21)31-25(18-7-5-17(2)6-8-18)29-30-26(31)35-16-24(32)28-19-9-14-23(33-3)22(27)15-19/h5-15H,4,16H2,1-3H3,(H,28,32). The summed E-state index contributed by atoms with van der Waals surface area (Å²) >= 11 is 7.47. The highest BCUT2D eigenvalue weighted by Crippen LogP contribution is 2.30. The summed E-state index contributed by atoms with van der Waals surface area (Å²) in [5, 5.41) is 12.7. The second-order valence-electron chi connectivity index (χ2n) is 7.62. The second-order valence-corrected chi connectivity index (χ2v) is 8.97. The Hall–Kier alpha value is -3.49. The highest BCUT2D eigenvalue weighted by molar-refractivity contribution is 7.99. The van der Waals surface area contributed by atoms with Crippen LogP contribution in [0.4, 0.5) is 5.69 Å². The van der Waals surface area contributed by atoms with Crippen LogP contribution in [0.25, 0.3) is 17.1 Å². The fraction of sp³-hybridized carbons (Fsp3) is 0.192. The lowest BCUT2D eigenvalue weighted by molar-refractivity contribution is -0.113. The molecular weight excluding hydrogens is 484 g/mol. The summed E-state index contributed by atoms with van der Waals surface area (Å²) in [7, 11) is 1.54. The summed E-state index contributed by atoms with van der Waals surface area (Å²) in [6.07, 6.45) is 0. The van der Waals surface area contributed by atoms with Gasteiger partial charge in [0.15, 0.2) is 11.0 Å². The molecule has 0 spiro atoms. The van der Waals surface area contributed by atoms with E-state index in [0.717, 1.165) is 22.6 Å². The molecule has 3 aromatic carbocycles. The van der Waals surface area contributed by atoms with Crippen molar-refractivity contribution in [2.24, 2.45) is 0 Å². The molecule has 180 valence electrons. The van der Waals surface area contributed by atoms with Crippen LogP contribution in [-0.2, 0) is 4.79 Å². The van der Waals surface area contributed by atoms with Gasteiger partial charge >= 0.3 is 0 Å². The van der Waals surface area contributed by atoms with E-state index in [1.807, 2.05) is 66.9 Å². The quantitative estimate of drug-likeness (QED) is 0.278. The van der Waals surface area contributed by atoms with Gasteiger partial charge in [-0.2, -0.15) is 0 Å². The summed E-state index contributed by atoms with van der Waals surface area (Å²) in [5.41, 5.74) is 3.56. The highest BCUT2D eigenvalue weighted by Gasteiger charge is 2.18. The van der Waals surface area contributed by atoms with Crippen molar-refractivity contribution in [2.45, 2.75) is 19.0 Å². The predicted octanol–water partition coefficient (Wildman–Crippen LogP) is 6.03. The number of methoxy groups -OCH3 is 1.